The van der Waals surface area contributed by atoms with Crippen molar-refractivity contribution in [2.24, 2.45) is 0 Å². The fourth-order valence-corrected chi connectivity index (χ4v) is 4.88. The predicted octanol–water partition coefficient (Wildman–Crippen LogP) is 4.26. The summed E-state index contributed by atoms with van der Waals surface area (Å²) in [7, 11) is 0. The highest BCUT2D eigenvalue weighted by Crippen LogP contribution is 2.33. The lowest BCUT2D eigenvalue weighted by Gasteiger charge is -2.34. The number of benzene rings is 1. The summed E-state index contributed by atoms with van der Waals surface area (Å²) >= 11 is 6.59. The molecule has 192 valence electrons. The number of nitrogens with one attached hydrogen (secondary N) is 3. The molecule has 1 aliphatic rings. The number of aromatic nitrogens is 5. The van der Waals surface area contributed by atoms with Gasteiger partial charge in [0.15, 0.2) is 0 Å². The van der Waals surface area contributed by atoms with Crippen molar-refractivity contribution in [2.45, 2.75) is 45.4 Å². The number of nitrogens with two attached hydrogens (primary N) is 1. The number of likely N-dealkylation sites (tertiary alicyclic amines) is 1. The molecule has 4 aromatic rings. The van der Waals surface area contributed by atoms with Gasteiger partial charge >= 0.3 is 0 Å². The number of nitrogen functional groups attached to an aromatic ring is 1. The van der Waals surface area contributed by atoms with Crippen molar-refractivity contribution >= 4 is 39.7 Å². The standard InChI is InChI=1S/C26H30ClN9O/c1-15(2)36-8-6-19(7-9-36)37-26-21-16(4-3-5-20(21)27)10-18(35-26)13-30-25-22(24(29)31-14-32-25)23(28)17-11-33-34-12-17/h3-5,10-12,14-15,19,28H,6-9,13H2,1-2H3,(H,33,34)(H3,29,30,31,32). The maximum absolute atomic E-state index is 8.59. The molecule has 37 heavy (non-hydrogen) atoms. The van der Waals surface area contributed by atoms with Gasteiger partial charge < -0.3 is 20.7 Å². The number of H-pyrrole nitrogens is 1. The molecule has 5 rings (SSSR count). The van der Waals surface area contributed by atoms with E-state index in [2.05, 4.69) is 44.2 Å². The highest BCUT2D eigenvalue weighted by molar-refractivity contribution is 6.36. The van der Waals surface area contributed by atoms with Gasteiger partial charge in [0.25, 0.3) is 0 Å². The lowest BCUT2D eigenvalue weighted by Crippen LogP contribution is -2.41. The van der Waals surface area contributed by atoms with Gasteiger partial charge in [0, 0.05) is 30.9 Å². The van der Waals surface area contributed by atoms with Crippen LogP contribution in [-0.2, 0) is 6.54 Å². The molecule has 3 aromatic heterocycles. The Balaban J connectivity index is 1.40. The van der Waals surface area contributed by atoms with E-state index >= 15 is 0 Å². The zero-order valence-electron chi connectivity index (χ0n) is 20.8. The van der Waals surface area contributed by atoms with Crippen LogP contribution in [0.2, 0.25) is 5.02 Å². The van der Waals surface area contributed by atoms with Gasteiger partial charge in [-0.25, -0.2) is 15.0 Å². The van der Waals surface area contributed by atoms with Crippen molar-refractivity contribution in [3.05, 3.63) is 64.8 Å². The average molecular weight is 520 g/mol. The Morgan fingerprint density at radius 2 is 2.11 bits per heavy atom. The molecule has 1 saturated heterocycles. The van der Waals surface area contributed by atoms with Crippen LogP contribution in [0, 0.1) is 5.41 Å². The minimum absolute atomic E-state index is 0.0777. The van der Waals surface area contributed by atoms with Crippen LogP contribution in [0.1, 0.15) is 43.5 Å². The van der Waals surface area contributed by atoms with Gasteiger partial charge in [-0.3, -0.25) is 10.5 Å². The third-order valence-electron chi connectivity index (χ3n) is 6.66. The molecular formula is C26H30ClN9O. The SMILES string of the molecule is CC(C)N1CCC(Oc2nc(CNc3ncnc(N)c3C(=N)c3cn[nH]c3)cc3cccc(Cl)c23)CC1. The molecule has 0 unspecified atom stereocenters. The zero-order chi connectivity index (χ0) is 25.9. The van der Waals surface area contributed by atoms with Crippen LogP contribution in [0.4, 0.5) is 11.6 Å². The Morgan fingerprint density at radius 1 is 1.30 bits per heavy atom. The maximum atomic E-state index is 8.59. The van der Waals surface area contributed by atoms with E-state index in [1.807, 2.05) is 24.3 Å². The lowest BCUT2D eigenvalue weighted by atomic mass is 10.1. The molecule has 0 aliphatic carbocycles. The largest absolute Gasteiger partial charge is 0.474 e. The summed E-state index contributed by atoms with van der Waals surface area (Å²) in [5.74, 6) is 1.19. The number of piperidine rings is 1. The topological polar surface area (TPSA) is 142 Å². The van der Waals surface area contributed by atoms with Crippen molar-refractivity contribution < 1.29 is 4.74 Å². The van der Waals surface area contributed by atoms with Crippen LogP contribution >= 0.6 is 11.6 Å². The van der Waals surface area contributed by atoms with E-state index in [4.69, 9.17) is 32.5 Å². The number of hydrogen-bond acceptors (Lipinski definition) is 9. The number of hydrogen-bond donors (Lipinski definition) is 4. The quantitative estimate of drug-likeness (QED) is 0.253. The molecule has 11 heteroatoms. The third-order valence-corrected chi connectivity index (χ3v) is 6.98. The van der Waals surface area contributed by atoms with E-state index in [1.165, 1.54) is 6.33 Å². The molecule has 1 fully saturated rings. The highest BCUT2D eigenvalue weighted by atomic mass is 35.5. The summed E-state index contributed by atoms with van der Waals surface area (Å²) in [5.41, 5.74) is 8.04. The summed E-state index contributed by atoms with van der Waals surface area (Å²) in [6, 6.07) is 8.29. The molecule has 5 N–H and O–H groups in total. The molecule has 10 nitrogen and oxygen atoms in total. The number of aromatic amines is 1. The average Bonchev–Trinajstić information content (AvgIpc) is 3.43. The number of fused-ring (bicyclic) bond motifs is 1. The molecule has 0 saturated carbocycles. The molecular weight excluding hydrogens is 490 g/mol. The van der Waals surface area contributed by atoms with Crippen LogP contribution in [0.5, 0.6) is 5.88 Å². The minimum atomic E-state index is 0.0777. The Labute approximate surface area is 220 Å². The second-order valence-corrected chi connectivity index (χ2v) is 9.81. The Morgan fingerprint density at radius 3 is 2.84 bits per heavy atom. The minimum Gasteiger partial charge on any atom is -0.474 e. The van der Waals surface area contributed by atoms with Gasteiger partial charge in [0.2, 0.25) is 5.88 Å². The Bertz CT molecular complexity index is 1400. The molecule has 0 atom stereocenters. The third kappa shape index (κ3) is 5.35. The van der Waals surface area contributed by atoms with Gasteiger partial charge in [0.1, 0.15) is 24.1 Å². The summed E-state index contributed by atoms with van der Waals surface area (Å²) < 4.78 is 6.46. The van der Waals surface area contributed by atoms with E-state index in [-0.39, 0.29) is 17.6 Å². The van der Waals surface area contributed by atoms with Crippen LogP contribution in [0.3, 0.4) is 0 Å². The molecule has 0 spiro atoms. The first-order chi connectivity index (χ1) is 17.9. The predicted molar refractivity (Wildman–Crippen MR) is 145 cm³/mol. The normalized spacial score (nSPS) is 14.8. The Hall–Kier alpha value is -3.76. The first kappa shape index (κ1) is 24.9. The van der Waals surface area contributed by atoms with Crippen molar-refractivity contribution in [1.29, 1.82) is 5.41 Å². The molecule has 0 amide bonds. The smallest absolute Gasteiger partial charge is 0.223 e. The van der Waals surface area contributed by atoms with Gasteiger partial charge in [-0.1, -0.05) is 23.7 Å². The number of halogens is 1. The van der Waals surface area contributed by atoms with E-state index in [0.29, 0.717) is 40.4 Å². The fraction of sp³-hybridized carbons (Fsp3) is 0.346. The second kappa shape index (κ2) is 10.7. The molecule has 1 aliphatic heterocycles. The van der Waals surface area contributed by atoms with E-state index in [0.717, 1.165) is 42.4 Å². The number of rotatable bonds is 8. The zero-order valence-corrected chi connectivity index (χ0v) is 21.6. The van der Waals surface area contributed by atoms with E-state index in [1.54, 1.807) is 12.4 Å². The molecule has 0 radical (unpaired) electrons. The molecule has 1 aromatic carbocycles. The van der Waals surface area contributed by atoms with Gasteiger partial charge in [0.05, 0.1) is 40.1 Å². The van der Waals surface area contributed by atoms with Crippen LogP contribution in [0.25, 0.3) is 10.8 Å². The number of nitrogens with zero attached hydrogens (tertiary/aromatic N) is 5. The first-order valence-electron chi connectivity index (χ1n) is 12.3. The maximum Gasteiger partial charge on any atom is 0.223 e. The molecule has 0 bridgehead atoms. The summed E-state index contributed by atoms with van der Waals surface area (Å²) in [6.45, 7) is 6.78. The van der Waals surface area contributed by atoms with Crippen LogP contribution in [0.15, 0.2) is 43.0 Å². The van der Waals surface area contributed by atoms with Gasteiger partial charge in [-0.2, -0.15) is 5.10 Å². The highest BCUT2D eigenvalue weighted by Gasteiger charge is 2.24. The Kier molecular flexibility index (Phi) is 7.20. The first-order valence-corrected chi connectivity index (χ1v) is 12.7. The van der Waals surface area contributed by atoms with Crippen molar-refractivity contribution in [3.8, 4) is 5.88 Å². The summed E-state index contributed by atoms with van der Waals surface area (Å²) in [5, 5.41) is 20.9. The van der Waals surface area contributed by atoms with Crippen molar-refractivity contribution in [1.82, 2.24) is 30.0 Å². The number of ether oxygens (including phenoxy) is 1. The van der Waals surface area contributed by atoms with E-state index < -0.39 is 0 Å². The fourth-order valence-electron chi connectivity index (χ4n) is 4.61. The monoisotopic (exact) mass is 519 g/mol. The van der Waals surface area contributed by atoms with Crippen LogP contribution in [-0.4, -0.2) is 61.0 Å². The summed E-state index contributed by atoms with van der Waals surface area (Å²) in [6.07, 6.45) is 6.51. The molecule has 4 heterocycles. The van der Waals surface area contributed by atoms with Crippen molar-refractivity contribution in [2.75, 3.05) is 24.1 Å². The van der Waals surface area contributed by atoms with Crippen LogP contribution < -0.4 is 15.8 Å². The number of anilines is 2. The van der Waals surface area contributed by atoms with Crippen molar-refractivity contribution in [3.63, 3.8) is 0 Å². The second-order valence-electron chi connectivity index (χ2n) is 9.40. The lowest BCUT2D eigenvalue weighted by molar-refractivity contribution is 0.0823. The number of pyridine rings is 1. The van der Waals surface area contributed by atoms with Gasteiger partial charge in [-0.15, -0.1) is 0 Å². The van der Waals surface area contributed by atoms with E-state index in [9.17, 15) is 0 Å². The van der Waals surface area contributed by atoms with Gasteiger partial charge in [-0.05, 0) is 44.2 Å². The summed E-state index contributed by atoms with van der Waals surface area (Å²) in [4.78, 5) is 15.7.